The van der Waals surface area contributed by atoms with E-state index in [-0.39, 0.29) is 17.8 Å². The highest BCUT2D eigenvalue weighted by atomic mass is 19.1. The fourth-order valence-electron chi connectivity index (χ4n) is 3.89. The summed E-state index contributed by atoms with van der Waals surface area (Å²) in [4.78, 5) is 15.4. The van der Waals surface area contributed by atoms with Crippen molar-refractivity contribution in [3.8, 4) is 5.75 Å². The zero-order valence-corrected chi connectivity index (χ0v) is 17.3. The Hall–Kier alpha value is -2.44. The van der Waals surface area contributed by atoms with E-state index in [9.17, 15) is 9.18 Å². The number of ether oxygens (including phenoxy) is 1. The minimum Gasteiger partial charge on any atom is -0.497 e. The van der Waals surface area contributed by atoms with Gasteiger partial charge in [0.2, 0.25) is 0 Å². The molecule has 1 heterocycles. The van der Waals surface area contributed by atoms with Crippen LogP contribution in [0.5, 0.6) is 5.75 Å². The molecule has 0 unspecified atom stereocenters. The van der Waals surface area contributed by atoms with Crippen molar-refractivity contribution < 1.29 is 23.7 Å². The quantitative estimate of drug-likeness (QED) is 0.577. The number of carbonyl (C=O) groups is 1. The minimum absolute atomic E-state index is 0.0502. The number of methoxy groups -OCH3 is 1. The molecule has 0 aliphatic carbocycles. The van der Waals surface area contributed by atoms with E-state index in [4.69, 9.17) is 4.74 Å². The molecular weight excluding hydrogens is 369 g/mol. The summed E-state index contributed by atoms with van der Waals surface area (Å²) in [5.74, 6) is 0.751. The van der Waals surface area contributed by atoms with Crippen molar-refractivity contribution >= 4 is 5.91 Å². The second-order valence-electron chi connectivity index (χ2n) is 7.82. The average molecular weight is 402 g/mol. The van der Waals surface area contributed by atoms with Crippen molar-refractivity contribution in [3.63, 3.8) is 0 Å². The summed E-state index contributed by atoms with van der Waals surface area (Å²) in [6.45, 7) is 7.72. The van der Waals surface area contributed by atoms with Gasteiger partial charge >= 0.3 is 0 Å². The molecule has 1 saturated heterocycles. The summed E-state index contributed by atoms with van der Waals surface area (Å²) in [6, 6.07) is 14.7. The predicted molar refractivity (Wildman–Crippen MR) is 111 cm³/mol. The first-order valence-electron chi connectivity index (χ1n) is 10.4. The number of rotatable bonds is 8. The number of hydrogen-bond acceptors (Lipinski definition) is 2. The second kappa shape index (κ2) is 10.4. The largest absolute Gasteiger partial charge is 0.497 e. The highest BCUT2D eigenvalue weighted by Gasteiger charge is 2.30. The Morgan fingerprint density at radius 1 is 1.03 bits per heavy atom. The number of piperazine rings is 1. The van der Waals surface area contributed by atoms with E-state index < -0.39 is 0 Å². The maximum absolute atomic E-state index is 13.0. The van der Waals surface area contributed by atoms with Crippen molar-refractivity contribution in [2.45, 2.75) is 25.9 Å². The molecule has 29 heavy (non-hydrogen) atoms. The van der Waals surface area contributed by atoms with E-state index in [1.54, 1.807) is 24.1 Å². The third kappa shape index (κ3) is 6.27. The summed E-state index contributed by atoms with van der Waals surface area (Å²) in [5, 5.41) is 3.03. The Kier molecular flexibility index (Phi) is 7.61. The van der Waals surface area contributed by atoms with Gasteiger partial charge in [0.05, 0.1) is 7.11 Å². The van der Waals surface area contributed by atoms with E-state index in [0.717, 1.165) is 44.0 Å². The Labute approximate surface area is 172 Å². The maximum Gasteiger partial charge on any atom is 0.278 e. The van der Waals surface area contributed by atoms with Crippen molar-refractivity contribution in [1.29, 1.82) is 0 Å². The van der Waals surface area contributed by atoms with Gasteiger partial charge in [0.1, 0.15) is 44.3 Å². The maximum atomic E-state index is 13.0. The number of quaternary nitrogens is 2. The second-order valence-corrected chi connectivity index (χ2v) is 7.82. The highest BCUT2D eigenvalue weighted by molar-refractivity contribution is 5.79. The Morgan fingerprint density at radius 2 is 1.66 bits per heavy atom. The van der Waals surface area contributed by atoms with Crippen LogP contribution in [0.2, 0.25) is 0 Å². The zero-order chi connectivity index (χ0) is 20.6. The topological polar surface area (TPSA) is 47.2 Å². The van der Waals surface area contributed by atoms with Crippen molar-refractivity contribution in [2.75, 3.05) is 39.8 Å². The number of benzene rings is 2. The number of amides is 1. The van der Waals surface area contributed by atoms with Gasteiger partial charge in [-0.1, -0.05) is 12.1 Å². The van der Waals surface area contributed by atoms with Gasteiger partial charge in [-0.2, -0.15) is 0 Å². The fraction of sp³-hybridized carbons (Fsp3) is 0.435. The van der Waals surface area contributed by atoms with E-state index in [1.807, 2.05) is 19.1 Å². The van der Waals surface area contributed by atoms with Crippen LogP contribution in [0.15, 0.2) is 48.5 Å². The Bertz CT molecular complexity index is 772. The molecule has 6 heteroatoms. The lowest BCUT2D eigenvalue weighted by atomic mass is 10.1. The fourth-order valence-corrected chi connectivity index (χ4v) is 3.89. The predicted octanol–water partition coefficient (Wildman–Crippen LogP) is -0.135. The third-order valence-corrected chi connectivity index (χ3v) is 5.84. The van der Waals surface area contributed by atoms with Crippen LogP contribution in [0.1, 0.15) is 18.1 Å². The van der Waals surface area contributed by atoms with Crippen molar-refractivity contribution in [3.05, 3.63) is 65.5 Å². The van der Waals surface area contributed by atoms with Crippen LogP contribution in [0.3, 0.4) is 0 Å². The molecule has 0 spiro atoms. The van der Waals surface area contributed by atoms with Gasteiger partial charge in [-0.3, -0.25) is 4.79 Å². The molecule has 5 nitrogen and oxygen atoms in total. The molecule has 1 atom stereocenters. The monoisotopic (exact) mass is 401 g/mol. The normalized spacial score (nSPS) is 20.1. The minimum atomic E-state index is -0.233. The van der Waals surface area contributed by atoms with Gasteiger partial charge in [-0.05, 0) is 55.3 Å². The van der Waals surface area contributed by atoms with Crippen LogP contribution in [-0.2, 0) is 17.8 Å². The van der Waals surface area contributed by atoms with Gasteiger partial charge in [0.25, 0.3) is 5.91 Å². The SMILES string of the molecule is COc1ccc(C[NH+]2CC[NH+]([C@H](C)C(=O)NCCc3ccc(F)cc3)CC2)cc1. The van der Waals surface area contributed by atoms with Gasteiger partial charge < -0.3 is 19.9 Å². The van der Waals surface area contributed by atoms with E-state index in [1.165, 1.54) is 22.6 Å². The Balaban J connectivity index is 1.38. The van der Waals surface area contributed by atoms with Crippen LogP contribution in [0.4, 0.5) is 4.39 Å². The highest BCUT2D eigenvalue weighted by Crippen LogP contribution is 2.10. The molecule has 0 saturated carbocycles. The van der Waals surface area contributed by atoms with Gasteiger partial charge in [0, 0.05) is 12.1 Å². The Morgan fingerprint density at radius 3 is 2.28 bits per heavy atom. The van der Waals surface area contributed by atoms with E-state index >= 15 is 0 Å². The summed E-state index contributed by atoms with van der Waals surface area (Å²) in [7, 11) is 1.68. The van der Waals surface area contributed by atoms with E-state index in [0.29, 0.717) is 13.0 Å². The van der Waals surface area contributed by atoms with Crippen molar-refractivity contribution in [2.24, 2.45) is 0 Å². The summed E-state index contributed by atoms with van der Waals surface area (Å²) in [6.07, 6.45) is 0.716. The number of nitrogens with one attached hydrogen (secondary N) is 3. The summed E-state index contributed by atoms with van der Waals surface area (Å²) in [5.41, 5.74) is 2.35. The van der Waals surface area contributed by atoms with Crippen LogP contribution in [-0.4, -0.2) is 51.8 Å². The summed E-state index contributed by atoms with van der Waals surface area (Å²) >= 11 is 0. The molecule has 0 bridgehead atoms. The van der Waals surface area contributed by atoms with Crippen molar-refractivity contribution in [1.82, 2.24) is 5.32 Å². The molecule has 1 amide bonds. The van der Waals surface area contributed by atoms with Crippen LogP contribution >= 0.6 is 0 Å². The average Bonchev–Trinajstić information content (AvgIpc) is 2.75. The van der Waals surface area contributed by atoms with Gasteiger partial charge in [-0.25, -0.2) is 4.39 Å². The molecule has 1 fully saturated rings. The first kappa shape index (κ1) is 21.3. The lowest BCUT2D eigenvalue weighted by Gasteiger charge is -2.32. The molecule has 2 aromatic carbocycles. The number of hydrogen-bond donors (Lipinski definition) is 3. The standard InChI is InChI=1S/C23H30FN3O2/c1-18(23(28)25-12-11-19-3-7-21(24)8-4-19)27-15-13-26(14-16-27)17-20-5-9-22(29-2)10-6-20/h3-10,18H,11-17H2,1-2H3,(H,25,28)/p+2/t18-/m1/s1. The van der Waals surface area contributed by atoms with Crippen LogP contribution in [0, 0.1) is 5.82 Å². The molecule has 2 aromatic rings. The first-order chi connectivity index (χ1) is 14.0. The lowest BCUT2D eigenvalue weighted by molar-refractivity contribution is -1.02. The van der Waals surface area contributed by atoms with Gasteiger partial charge in [-0.15, -0.1) is 0 Å². The molecule has 0 aromatic heterocycles. The zero-order valence-electron chi connectivity index (χ0n) is 17.3. The number of halogens is 1. The molecule has 156 valence electrons. The molecule has 0 radical (unpaired) electrons. The van der Waals surface area contributed by atoms with Gasteiger partial charge in [0.15, 0.2) is 6.04 Å². The molecule has 1 aliphatic heterocycles. The molecule has 3 N–H and O–H groups in total. The lowest BCUT2D eigenvalue weighted by Crippen LogP contribution is -3.29. The van der Waals surface area contributed by atoms with E-state index in [2.05, 4.69) is 17.4 Å². The summed E-state index contributed by atoms with van der Waals surface area (Å²) < 4.78 is 18.2. The molecule has 1 aliphatic rings. The molecule has 3 rings (SSSR count). The van der Waals surface area contributed by atoms with Crippen LogP contribution in [0.25, 0.3) is 0 Å². The molecular formula is C23H32FN3O2+2. The third-order valence-electron chi connectivity index (χ3n) is 5.84. The smallest absolute Gasteiger partial charge is 0.278 e. The number of carbonyl (C=O) groups excluding carboxylic acids is 1. The van der Waals surface area contributed by atoms with Crippen LogP contribution < -0.4 is 19.9 Å². The first-order valence-corrected chi connectivity index (χ1v) is 10.4.